The predicted octanol–water partition coefficient (Wildman–Crippen LogP) is 3.95. The first-order chi connectivity index (χ1) is 16.1. The third kappa shape index (κ3) is 5.25. The van der Waals surface area contributed by atoms with Crippen LogP contribution in [0.1, 0.15) is 31.9 Å². The predicted molar refractivity (Wildman–Crippen MR) is 130 cm³/mol. The molecule has 2 amide bonds. The first-order valence-corrected chi connectivity index (χ1v) is 11.6. The van der Waals surface area contributed by atoms with E-state index in [1.54, 1.807) is 26.8 Å². The van der Waals surface area contributed by atoms with Crippen LogP contribution in [-0.4, -0.2) is 57.3 Å². The Balaban J connectivity index is 1.64. The van der Waals surface area contributed by atoms with Gasteiger partial charge in [-0.15, -0.1) is 0 Å². The number of hydrogen-bond acceptors (Lipinski definition) is 4. The summed E-state index contributed by atoms with van der Waals surface area (Å²) in [4.78, 5) is 45.5. The van der Waals surface area contributed by atoms with Gasteiger partial charge in [-0.3, -0.25) is 14.4 Å². The van der Waals surface area contributed by atoms with Gasteiger partial charge in [-0.1, -0.05) is 48.0 Å². The SMILES string of the molecule is CC(C)(C)OC(=O)CN1C(=O)CN(Cc2ccccc2Cl)C(=O)C1Cc1c[nH]c2ccccc12. The maximum Gasteiger partial charge on any atom is 0.326 e. The first kappa shape index (κ1) is 23.8. The molecule has 0 spiro atoms. The molecular weight excluding hydrogens is 454 g/mol. The lowest BCUT2D eigenvalue weighted by atomic mass is 9.99. The molecule has 2 heterocycles. The van der Waals surface area contributed by atoms with E-state index in [2.05, 4.69) is 4.98 Å². The number of aromatic amines is 1. The number of nitrogens with zero attached hydrogens (tertiary/aromatic N) is 2. The summed E-state index contributed by atoms with van der Waals surface area (Å²) >= 11 is 6.30. The molecule has 1 aliphatic heterocycles. The molecule has 1 aromatic heterocycles. The van der Waals surface area contributed by atoms with Gasteiger partial charge in [0.05, 0.1) is 0 Å². The number of fused-ring (bicyclic) bond motifs is 1. The molecule has 1 saturated heterocycles. The van der Waals surface area contributed by atoms with E-state index in [0.717, 1.165) is 22.0 Å². The molecule has 0 saturated carbocycles. The molecule has 2 aromatic carbocycles. The second-order valence-corrected chi connectivity index (χ2v) is 9.88. The second kappa shape index (κ2) is 9.50. The van der Waals surface area contributed by atoms with Gasteiger partial charge in [0.1, 0.15) is 24.7 Å². The van der Waals surface area contributed by atoms with Crippen LogP contribution in [0.5, 0.6) is 0 Å². The number of carbonyl (C=O) groups excluding carboxylic acids is 3. The lowest BCUT2D eigenvalue weighted by Gasteiger charge is -2.40. The van der Waals surface area contributed by atoms with Crippen molar-refractivity contribution in [3.63, 3.8) is 0 Å². The molecule has 1 aliphatic rings. The molecule has 178 valence electrons. The Morgan fingerprint density at radius 2 is 1.79 bits per heavy atom. The number of para-hydroxylation sites is 1. The van der Waals surface area contributed by atoms with Crippen molar-refractivity contribution in [2.75, 3.05) is 13.1 Å². The molecule has 3 aromatic rings. The summed E-state index contributed by atoms with van der Waals surface area (Å²) in [6.07, 6.45) is 2.12. The molecule has 7 nitrogen and oxygen atoms in total. The van der Waals surface area contributed by atoms with E-state index in [9.17, 15) is 14.4 Å². The van der Waals surface area contributed by atoms with Crippen LogP contribution < -0.4 is 0 Å². The first-order valence-electron chi connectivity index (χ1n) is 11.2. The fraction of sp³-hybridized carbons (Fsp3) is 0.346. The zero-order chi connectivity index (χ0) is 24.5. The van der Waals surface area contributed by atoms with Gasteiger partial charge in [0.25, 0.3) is 0 Å². The van der Waals surface area contributed by atoms with Crippen LogP contribution in [0.4, 0.5) is 0 Å². The number of carbonyl (C=O) groups is 3. The summed E-state index contributed by atoms with van der Waals surface area (Å²) in [5, 5.41) is 1.51. The lowest BCUT2D eigenvalue weighted by Crippen LogP contribution is -2.61. The number of halogens is 1. The van der Waals surface area contributed by atoms with Crippen LogP contribution in [0, 0.1) is 0 Å². The summed E-state index contributed by atoms with van der Waals surface area (Å²) < 4.78 is 5.43. The molecule has 0 radical (unpaired) electrons. The number of ether oxygens (including phenoxy) is 1. The number of amides is 2. The van der Waals surface area contributed by atoms with E-state index < -0.39 is 17.6 Å². The minimum atomic E-state index is -0.838. The molecule has 0 bridgehead atoms. The molecule has 1 atom stereocenters. The van der Waals surface area contributed by atoms with Crippen LogP contribution in [0.15, 0.2) is 54.7 Å². The second-order valence-electron chi connectivity index (χ2n) is 9.47. The van der Waals surface area contributed by atoms with Crippen molar-refractivity contribution in [2.45, 2.75) is 45.4 Å². The largest absolute Gasteiger partial charge is 0.459 e. The molecule has 1 fully saturated rings. The van der Waals surface area contributed by atoms with Crippen LogP contribution in [0.3, 0.4) is 0 Å². The highest BCUT2D eigenvalue weighted by Crippen LogP contribution is 2.26. The van der Waals surface area contributed by atoms with Crippen molar-refractivity contribution in [3.05, 3.63) is 70.9 Å². The van der Waals surface area contributed by atoms with Crippen LogP contribution >= 0.6 is 11.6 Å². The standard InChI is InChI=1S/C26H28ClN3O4/c1-26(2,3)34-24(32)16-30-22(12-18-13-28-21-11-7-5-9-19(18)21)25(33)29(15-23(30)31)14-17-8-4-6-10-20(17)27/h4-11,13,22,28H,12,14-16H2,1-3H3. The third-order valence-corrected chi connectivity index (χ3v) is 6.11. The van der Waals surface area contributed by atoms with Crippen molar-refractivity contribution in [1.82, 2.24) is 14.8 Å². The number of hydrogen-bond donors (Lipinski definition) is 1. The highest BCUT2D eigenvalue weighted by atomic mass is 35.5. The number of piperazine rings is 1. The molecular formula is C26H28ClN3O4. The Bertz CT molecular complexity index is 1230. The highest BCUT2D eigenvalue weighted by molar-refractivity contribution is 6.31. The fourth-order valence-electron chi connectivity index (χ4n) is 4.23. The number of benzene rings is 2. The number of nitrogens with one attached hydrogen (secondary N) is 1. The summed E-state index contributed by atoms with van der Waals surface area (Å²) in [7, 11) is 0. The quantitative estimate of drug-likeness (QED) is 0.540. The molecule has 34 heavy (non-hydrogen) atoms. The normalized spacial score (nSPS) is 16.9. The fourth-order valence-corrected chi connectivity index (χ4v) is 4.43. The topological polar surface area (TPSA) is 82.7 Å². The van der Waals surface area contributed by atoms with Gasteiger partial charge in [-0.05, 0) is 44.0 Å². The Morgan fingerprint density at radius 1 is 1.09 bits per heavy atom. The molecule has 0 aliphatic carbocycles. The summed E-state index contributed by atoms with van der Waals surface area (Å²) in [6, 6.07) is 14.2. The number of aromatic nitrogens is 1. The maximum absolute atomic E-state index is 13.7. The van der Waals surface area contributed by atoms with Gasteiger partial charge >= 0.3 is 5.97 Å². The lowest BCUT2D eigenvalue weighted by molar-refractivity contribution is -0.166. The van der Waals surface area contributed by atoms with Gasteiger partial charge in [0.15, 0.2) is 0 Å². The van der Waals surface area contributed by atoms with Gasteiger partial charge < -0.3 is 19.5 Å². The van der Waals surface area contributed by atoms with Crippen LogP contribution in [-0.2, 0) is 32.1 Å². The molecule has 4 rings (SSSR count). The molecule has 1 N–H and O–H groups in total. The van der Waals surface area contributed by atoms with Crippen molar-refractivity contribution in [3.8, 4) is 0 Å². The van der Waals surface area contributed by atoms with Crippen molar-refractivity contribution >= 4 is 40.3 Å². The Labute approximate surface area is 203 Å². The average Bonchev–Trinajstić information content (AvgIpc) is 3.17. The zero-order valence-corrected chi connectivity index (χ0v) is 20.3. The number of H-pyrrole nitrogens is 1. The summed E-state index contributed by atoms with van der Waals surface area (Å²) in [5.41, 5.74) is 1.91. The number of rotatable bonds is 6. The summed E-state index contributed by atoms with van der Waals surface area (Å²) in [5.74, 6) is -1.08. The van der Waals surface area contributed by atoms with Crippen molar-refractivity contribution in [2.24, 2.45) is 0 Å². The monoisotopic (exact) mass is 481 g/mol. The van der Waals surface area contributed by atoms with E-state index in [1.165, 1.54) is 9.80 Å². The van der Waals surface area contributed by atoms with E-state index >= 15 is 0 Å². The average molecular weight is 482 g/mol. The zero-order valence-electron chi connectivity index (χ0n) is 19.5. The molecule has 1 unspecified atom stereocenters. The van der Waals surface area contributed by atoms with Crippen molar-refractivity contribution < 1.29 is 19.1 Å². The highest BCUT2D eigenvalue weighted by Gasteiger charge is 2.41. The molecule has 8 heteroatoms. The third-order valence-electron chi connectivity index (χ3n) is 5.75. The van der Waals surface area contributed by atoms with E-state index in [1.807, 2.05) is 48.7 Å². The van der Waals surface area contributed by atoms with Gasteiger partial charge in [-0.25, -0.2) is 0 Å². The maximum atomic E-state index is 13.7. The van der Waals surface area contributed by atoms with Gasteiger partial charge in [0.2, 0.25) is 11.8 Å². The minimum Gasteiger partial charge on any atom is -0.459 e. The van der Waals surface area contributed by atoms with Gasteiger partial charge in [-0.2, -0.15) is 0 Å². The van der Waals surface area contributed by atoms with Gasteiger partial charge in [0, 0.05) is 35.1 Å². The van der Waals surface area contributed by atoms with Crippen molar-refractivity contribution in [1.29, 1.82) is 0 Å². The Hall–Kier alpha value is -3.32. The van der Waals surface area contributed by atoms with E-state index in [4.69, 9.17) is 16.3 Å². The Morgan fingerprint density at radius 3 is 2.53 bits per heavy atom. The minimum absolute atomic E-state index is 0.128. The van der Waals surface area contributed by atoms with E-state index in [0.29, 0.717) is 5.02 Å². The smallest absolute Gasteiger partial charge is 0.326 e. The van der Waals surface area contributed by atoms with Crippen LogP contribution in [0.2, 0.25) is 5.02 Å². The van der Waals surface area contributed by atoms with Crippen LogP contribution in [0.25, 0.3) is 10.9 Å². The number of esters is 1. The van der Waals surface area contributed by atoms with E-state index in [-0.39, 0.29) is 37.9 Å². The Kier molecular flexibility index (Phi) is 6.66. The summed E-state index contributed by atoms with van der Waals surface area (Å²) in [6.45, 7) is 5.11.